The molecule has 0 aliphatic carbocycles. The van der Waals surface area contributed by atoms with Crippen molar-refractivity contribution in [1.82, 2.24) is 5.32 Å². The number of carbonyl (C=O) groups is 2. The van der Waals surface area contributed by atoms with Gasteiger partial charge >= 0.3 is 12.1 Å². The molecule has 0 aliphatic heterocycles. The van der Waals surface area contributed by atoms with Crippen LogP contribution in [0.1, 0.15) is 17.5 Å². The van der Waals surface area contributed by atoms with Gasteiger partial charge in [-0.1, -0.05) is 54.1 Å². The number of halogens is 1. The average molecular weight is 348 g/mol. The van der Waals surface area contributed by atoms with E-state index in [1.54, 1.807) is 24.3 Å². The number of rotatable bonds is 7. The number of benzene rings is 2. The zero-order valence-corrected chi connectivity index (χ0v) is 13.7. The molecule has 0 heterocycles. The molecule has 24 heavy (non-hydrogen) atoms. The molecule has 0 fully saturated rings. The van der Waals surface area contributed by atoms with Crippen molar-refractivity contribution < 1.29 is 19.4 Å². The van der Waals surface area contributed by atoms with Crippen molar-refractivity contribution >= 4 is 23.7 Å². The number of nitrogens with one attached hydrogen (secondary N) is 1. The van der Waals surface area contributed by atoms with Crippen molar-refractivity contribution in [2.75, 3.05) is 0 Å². The first-order valence-electron chi connectivity index (χ1n) is 7.46. The third kappa shape index (κ3) is 6.30. The predicted molar refractivity (Wildman–Crippen MR) is 91.0 cm³/mol. The van der Waals surface area contributed by atoms with Crippen LogP contribution in [0.2, 0.25) is 5.02 Å². The molecule has 6 heteroatoms. The Balaban J connectivity index is 1.91. The summed E-state index contributed by atoms with van der Waals surface area (Å²) in [4.78, 5) is 22.9. The molecule has 0 bridgehead atoms. The lowest BCUT2D eigenvalue weighted by Gasteiger charge is -2.17. The number of carboxylic acid groups (broad SMARTS) is 1. The molecule has 0 radical (unpaired) electrons. The van der Waals surface area contributed by atoms with Crippen LogP contribution in [0.25, 0.3) is 0 Å². The Hall–Kier alpha value is -2.53. The van der Waals surface area contributed by atoms with Crippen LogP contribution >= 0.6 is 11.6 Å². The lowest BCUT2D eigenvalue weighted by Crippen LogP contribution is -2.38. The maximum absolute atomic E-state index is 11.9. The summed E-state index contributed by atoms with van der Waals surface area (Å²) in [6.07, 6.45) is -0.452. The maximum atomic E-state index is 11.9. The van der Waals surface area contributed by atoms with Gasteiger partial charge in [-0.15, -0.1) is 0 Å². The smallest absolute Gasteiger partial charge is 0.407 e. The van der Waals surface area contributed by atoms with Gasteiger partial charge in [0.05, 0.1) is 6.42 Å². The highest BCUT2D eigenvalue weighted by Gasteiger charge is 2.17. The second-order valence-corrected chi connectivity index (χ2v) is 5.77. The summed E-state index contributed by atoms with van der Waals surface area (Å²) < 4.78 is 5.13. The molecule has 5 nitrogen and oxygen atoms in total. The lowest BCUT2D eigenvalue weighted by molar-refractivity contribution is -0.137. The molecule has 0 spiro atoms. The normalized spacial score (nSPS) is 11.5. The first kappa shape index (κ1) is 17.8. The zero-order chi connectivity index (χ0) is 17.4. The fourth-order valence-electron chi connectivity index (χ4n) is 2.22. The van der Waals surface area contributed by atoms with Crippen molar-refractivity contribution in [3.05, 3.63) is 70.7 Å². The highest BCUT2D eigenvalue weighted by atomic mass is 35.5. The number of hydrogen-bond donors (Lipinski definition) is 2. The summed E-state index contributed by atoms with van der Waals surface area (Å²) in [5.41, 5.74) is 1.74. The number of amides is 1. The Labute approximate surface area is 145 Å². The predicted octanol–water partition coefficient (Wildman–Crippen LogP) is 3.65. The van der Waals surface area contributed by atoms with Crippen LogP contribution in [0.3, 0.4) is 0 Å². The third-order valence-corrected chi connectivity index (χ3v) is 3.60. The highest BCUT2D eigenvalue weighted by Crippen LogP contribution is 2.12. The molecule has 2 N–H and O–H groups in total. The third-order valence-electron chi connectivity index (χ3n) is 3.35. The minimum Gasteiger partial charge on any atom is -0.481 e. The van der Waals surface area contributed by atoms with Crippen molar-refractivity contribution in [2.24, 2.45) is 0 Å². The van der Waals surface area contributed by atoms with Gasteiger partial charge in [-0.2, -0.15) is 0 Å². The second-order valence-electron chi connectivity index (χ2n) is 5.33. The monoisotopic (exact) mass is 347 g/mol. The van der Waals surface area contributed by atoms with E-state index in [1.165, 1.54) is 0 Å². The largest absolute Gasteiger partial charge is 0.481 e. The van der Waals surface area contributed by atoms with E-state index in [9.17, 15) is 9.59 Å². The van der Waals surface area contributed by atoms with Crippen LogP contribution in [0.4, 0.5) is 4.79 Å². The van der Waals surface area contributed by atoms with Crippen LogP contribution in [-0.4, -0.2) is 23.2 Å². The quantitative estimate of drug-likeness (QED) is 0.801. The van der Waals surface area contributed by atoms with Gasteiger partial charge in [0.2, 0.25) is 0 Å². The van der Waals surface area contributed by atoms with E-state index >= 15 is 0 Å². The molecule has 126 valence electrons. The van der Waals surface area contributed by atoms with Crippen molar-refractivity contribution in [2.45, 2.75) is 25.5 Å². The van der Waals surface area contributed by atoms with Gasteiger partial charge in [0.15, 0.2) is 0 Å². The molecule has 2 aromatic rings. The topological polar surface area (TPSA) is 75.6 Å². The molecule has 0 saturated heterocycles. The Morgan fingerprint density at radius 1 is 1.04 bits per heavy atom. The van der Waals surface area contributed by atoms with E-state index in [0.717, 1.165) is 11.1 Å². The van der Waals surface area contributed by atoms with Gasteiger partial charge in [-0.25, -0.2) is 4.79 Å². The van der Waals surface area contributed by atoms with E-state index < -0.39 is 18.1 Å². The van der Waals surface area contributed by atoms with Crippen molar-refractivity contribution in [1.29, 1.82) is 0 Å². The summed E-state index contributed by atoms with van der Waals surface area (Å²) in [6.45, 7) is 0.132. The summed E-state index contributed by atoms with van der Waals surface area (Å²) in [5, 5.41) is 12.2. The number of alkyl carbamates (subject to hydrolysis) is 1. The molecule has 0 aromatic heterocycles. The molecule has 1 amide bonds. The number of carbonyl (C=O) groups excluding carboxylic acids is 1. The first-order chi connectivity index (χ1) is 11.5. The summed E-state index contributed by atoms with van der Waals surface area (Å²) in [7, 11) is 0. The number of carboxylic acids is 1. The molecule has 0 saturated carbocycles. The van der Waals surface area contributed by atoms with Crippen LogP contribution in [-0.2, 0) is 22.6 Å². The Morgan fingerprint density at radius 3 is 2.33 bits per heavy atom. The van der Waals surface area contributed by atoms with Crippen LogP contribution in [0, 0.1) is 0 Å². The van der Waals surface area contributed by atoms with Crippen LogP contribution in [0.15, 0.2) is 54.6 Å². The average Bonchev–Trinajstić information content (AvgIpc) is 2.55. The highest BCUT2D eigenvalue weighted by molar-refractivity contribution is 6.30. The Morgan fingerprint density at radius 2 is 1.71 bits per heavy atom. The Kier molecular flexibility index (Phi) is 6.63. The fourth-order valence-corrected chi connectivity index (χ4v) is 2.35. The fraction of sp³-hybridized carbons (Fsp3) is 0.222. The lowest BCUT2D eigenvalue weighted by atomic mass is 10.0. The first-order valence-corrected chi connectivity index (χ1v) is 7.84. The maximum Gasteiger partial charge on any atom is 0.407 e. The van der Waals surface area contributed by atoms with Crippen LogP contribution < -0.4 is 5.32 Å². The van der Waals surface area contributed by atoms with E-state index in [4.69, 9.17) is 21.4 Å². The van der Waals surface area contributed by atoms with Gasteiger partial charge in [0.1, 0.15) is 6.61 Å². The van der Waals surface area contributed by atoms with Gasteiger partial charge in [-0.3, -0.25) is 4.79 Å². The molecule has 1 atom stereocenters. The van der Waals surface area contributed by atoms with Crippen molar-refractivity contribution in [3.8, 4) is 0 Å². The van der Waals surface area contributed by atoms with E-state index in [0.29, 0.717) is 11.4 Å². The SMILES string of the molecule is O=C(O)C[C@H](Cc1ccc(Cl)cc1)NC(=O)OCc1ccccc1. The van der Waals surface area contributed by atoms with Gasteiger partial charge in [-0.05, 0) is 29.7 Å². The molecule has 2 rings (SSSR count). The summed E-state index contributed by atoms with van der Waals surface area (Å²) in [6, 6.07) is 15.7. The molecular formula is C18H18ClNO4. The van der Waals surface area contributed by atoms with Gasteiger partial charge in [0.25, 0.3) is 0 Å². The number of hydrogen-bond acceptors (Lipinski definition) is 3. The zero-order valence-electron chi connectivity index (χ0n) is 12.9. The Bertz CT molecular complexity index is 673. The molecular weight excluding hydrogens is 330 g/mol. The van der Waals surface area contributed by atoms with E-state index in [2.05, 4.69) is 5.32 Å². The summed E-state index contributed by atoms with van der Waals surface area (Å²) in [5.74, 6) is -0.989. The molecule has 0 aliphatic rings. The number of ether oxygens (including phenoxy) is 1. The second kappa shape index (κ2) is 8.93. The minimum atomic E-state index is -0.989. The molecule has 0 unspecified atom stereocenters. The van der Waals surface area contributed by atoms with E-state index in [1.807, 2.05) is 30.3 Å². The van der Waals surface area contributed by atoms with Gasteiger partial charge < -0.3 is 15.2 Å². The number of aliphatic carboxylic acids is 1. The van der Waals surface area contributed by atoms with Crippen LogP contribution in [0.5, 0.6) is 0 Å². The standard InChI is InChI=1S/C18H18ClNO4/c19-15-8-6-13(7-9-15)10-16(11-17(21)22)20-18(23)24-12-14-4-2-1-3-5-14/h1-9,16H,10-12H2,(H,20,23)(H,21,22)/t16-/m0/s1. The summed E-state index contributed by atoms with van der Waals surface area (Å²) >= 11 is 5.83. The van der Waals surface area contributed by atoms with Gasteiger partial charge in [0, 0.05) is 11.1 Å². The van der Waals surface area contributed by atoms with Crippen molar-refractivity contribution in [3.63, 3.8) is 0 Å². The molecule has 2 aromatic carbocycles. The van der Waals surface area contributed by atoms with E-state index in [-0.39, 0.29) is 13.0 Å². The minimum absolute atomic E-state index is 0.132.